The highest BCUT2D eigenvalue weighted by Gasteiger charge is 1.98. The second-order valence-corrected chi connectivity index (χ2v) is 2.38. The third-order valence-corrected chi connectivity index (χ3v) is 1.51. The van der Waals surface area contributed by atoms with E-state index in [4.69, 9.17) is 5.73 Å². The first kappa shape index (κ1) is 8.46. The summed E-state index contributed by atoms with van der Waals surface area (Å²) in [5, 5.41) is 0. The monoisotopic (exact) mass is 162 g/mol. The summed E-state index contributed by atoms with van der Waals surface area (Å²) in [4.78, 5) is 20.6. The van der Waals surface area contributed by atoms with Crippen molar-refractivity contribution in [3.63, 3.8) is 0 Å². The average molecular weight is 162 g/mol. The van der Waals surface area contributed by atoms with Crippen molar-refractivity contribution >= 4 is 12.2 Å². The lowest BCUT2D eigenvalue weighted by Gasteiger charge is -1.96. The van der Waals surface area contributed by atoms with Gasteiger partial charge in [0.2, 0.25) is 12.2 Å². The molecule has 0 fully saturated rings. The number of primary amides is 1. The number of benzene rings is 1. The van der Waals surface area contributed by atoms with Crippen LogP contribution in [0.4, 0.5) is 0 Å². The van der Waals surface area contributed by atoms with E-state index in [1.807, 2.05) is 0 Å². The number of carbonyl (C=O) groups excluding carboxylic acids is 2. The van der Waals surface area contributed by atoms with E-state index in [1.54, 1.807) is 30.6 Å². The lowest BCUT2D eigenvalue weighted by Crippen LogP contribution is -2.10. The van der Waals surface area contributed by atoms with Gasteiger partial charge < -0.3 is 5.73 Å². The fourth-order valence-corrected chi connectivity index (χ4v) is 0.870. The highest BCUT2D eigenvalue weighted by atomic mass is 16.1. The molecule has 0 bridgehead atoms. The van der Waals surface area contributed by atoms with Crippen molar-refractivity contribution in [2.45, 2.75) is 6.42 Å². The van der Waals surface area contributed by atoms with Gasteiger partial charge in [-0.2, -0.15) is 0 Å². The van der Waals surface area contributed by atoms with E-state index < -0.39 is 5.91 Å². The van der Waals surface area contributed by atoms with Gasteiger partial charge in [-0.15, -0.1) is 0 Å². The van der Waals surface area contributed by atoms with Crippen LogP contribution < -0.4 is 5.73 Å². The summed E-state index contributed by atoms with van der Waals surface area (Å²) < 4.78 is 0. The number of amides is 1. The Labute approximate surface area is 70.2 Å². The van der Waals surface area contributed by atoms with Crippen molar-refractivity contribution in [2.24, 2.45) is 5.73 Å². The molecule has 1 aromatic carbocycles. The quantitative estimate of drug-likeness (QED) is 0.700. The van der Waals surface area contributed by atoms with Crippen LogP contribution in [0, 0.1) is 0 Å². The lowest BCUT2D eigenvalue weighted by atomic mass is 10.1. The minimum Gasteiger partial charge on any atom is -0.366 e. The molecule has 0 saturated heterocycles. The van der Waals surface area contributed by atoms with Crippen LogP contribution in [0.5, 0.6) is 0 Å². The molecule has 0 saturated carbocycles. The summed E-state index contributed by atoms with van der Waals surface area (Å²) in [7, 11) is 0. The minimum absolute atomic E-state index is 0.249. The molecule has 12 heavy (non-hydrogen) atoms. The topological polar surface area (TPSA) is 60.2 Å². The summed E-state index contributed by atoms with van der Waals surface area (Å²) in [6.45, 7) is 0. The van der Waals surface area contributed by atoms with Gasteiger partial charge in [-0.25, -0.2) is 0 Å². The van der Waals surface area contributed by atoms with Crippen LogP contribution in [0.1, 0.15) is 15.9 Å². The Morgan fingerprint density at radius 2 is 1.92 bits per heavy atom. The molecule has 0 aliphatic heterocycles. The van der Waals surface area contributed by atoms with Crippen LogP contribution in [0.3, 0.4) is 0 Å². The number of hydrogen-bond acceptors (Lipinski definition) is 2. The highest BCUT2D eigenvalue weighted by Crippen LogP contribution is 2.03. The lowest BCUT2D eigenvalue weighted by molar-refractivity contribution is 0.100. The number of rotatable bonds is 3. The van der Waals surface area contributed by atoms with Gasteiger partial charge in [-0.05, 0) is 17.7 Å². The molecule has 1 radical (unpaired) electrons. The molecular weight excluding hydrogens is 154 g/mol. The molecule has 0 unspecified atom stereocenters. The fraction of sp³-hybridized carbons (Fsp3) is 0.111. The summed E-state index contributed by atoms with van der Waals surface area (Å²) in [5.74, 6) is -0.461. The molecule has 1 rings (SSSR count). The van der Waals surface area contributed by atoms with Crippen molar-refractivity contribution in [3.05, 3.63) is 35.4 Å². The molecule has 3 heteroatoms. The van der Waals surface area contributed by atoms with Crippen LogP contribution in [-0.4, -0.2) is 12.2 Å². The maximum atomic E-state index is 10.6. The zero-order valence-electron chi connectivity index (χ0n) is 6.41. The largest absolute Gasteiger partial charge is 0.366 e. The molecule has 3 nitrogen and oxygen atoms in total. The maximum Gasteiger partial charge on any atom is 0.248 e. The first-order chi connectivity index (χ1) is 5.74. The molecule has 0 atom stereocenters. The van der Waals surface area contributed by atoms with E-state index in [2.05, 4.69) is 0 Å². The van der Waals surface area contributed by atoms with Crippen molar-refractivity contribution < 1.29 is 9.59 Å². The second kappa shape index (κ2) is 3.67. The minimum atomic E-state index is -0.461. The summed E-state index contributed by atoms with van der Waals surface area (Å²) in [5.41, 5.74) is 6.30. The average Bonchev–Trinajstić information content (AvgIpc) is 2.06. The zero-order chi connectivity index (χ0) is 8.97. The number of carbonyl (C=O) groups is 1. The molecule has 0 spiro atoms. The van der Waals surface area contributed by atoms with Crippen LogP contribution in [0.15, 0.2) is 24.3 Å². The number of nitrogens with two attached hydrogens (primary N) is 1. The molecular formula is C9H8NO2. The van der Waals surface area contributed by atoms with Gasteiger partial charge in [0.1, 0.15) is 0 Å². The van der Waals surface area contributed by atoms with Crippen LogP contribution in [0.2, 0.25) is 0 Å². The van der Waals surface area contributed by atoms with E-state index >= 15 is 0 Å². The molecule has 0 aromatic heterocycles. The Kier molecular flexibility index (Phi) is 2.58. The maximum absolute atomic E-state index is 10.6. The van der Waals surface area contributed by atoms with E-state index in [0.29, 0.717) is 5.56 Å². The predicted molar refractivity (Wildman–Crippen MR) is 44.4 cm³/mol. The molecule has 0 heterocycles. The fourth-order valence-electron chi connectivity index (χ4n) is 0.870. The Balaban J connectivity index is 2.85. The molecule has 2 N–H and O–H groups in total. The van der Waals surface area contributed by atoms with Crippen LogP contribution in [-0.2, 0) is 11.2 Å². The van der Waals surface area contributed by atoms with Crippen LogP contribution in [0.25, 0.3) is 0 Å². The summed E-state index contributed by atoms with van der Waals surface area (Å²) in [6.07, 6.45) is 2.02. The van der Waals surface area contributed by atoms with Gasteiger partial charge in [0, 0.05) is 12.0 Å². The van der Waals surface area contributed by atoms with Gasteiger partial charge in [-0.3, -0.25) is 9.59 Å². The van der Waals surface area contributed by atoms with E-state index in [9.17, 15) is 9.59 Å². The van der Waals surface area contributed by atoms with Crippen molar-refractivity contribution in [2.75, 3.05) is 0 Å². The molecule has 1 aromatic rings. The first-order valence-electron chi connectivity index (χ1n) is 3.48. The summed E-state index contributed by atoms with van der Waals surface area (Å²) in [6, 6.07) is 6.56. The molecule has 0 aliphatic rings. The van der Waals surface area contributed by atoms with Gasteiger partial charge in [0.05, 0.1) is 0 Å². The Morgan fingerprint density at radius 3 is 2.33 bits per heavy atom. The second-order valence-electron chi connectivity index (χ2n) is 2.38. The SMILES string of the molecule is NC(=O)c1ccc(C[C]=O)cc1. The molecule has 61 valence electrons. The van der Waals surface area contributed by atoms with Crippen molar-refractivity contribution in [1.29, 1.82) is 0 Å². The standard InChI is InChI=1S/C9H8NO2/c10-9(12)8-3-1-7(2-4-8)5-6-11/h1-4H,5H2,(H2,10,12). The van der Waals surface area contributed by atoms with Gasteiger partial charge >= 0.3 is 0 Å². The number of hydrogen-bond donors (Lipinski definition) is 1. The highest BCUT2D eigenvalue weighted by molar-refractivity contribution is 5.92. The van der Waals surface area contributed by atoms with E-state index in [0.717, 1.165) is 5.56 Å². The Hall–Kier alpha value is -1.64. The zero-order valence-corrected chi connectivity index (χ0v) is 6.41. The Bertz CT molecular complexity index is 290. The molecule has 0 aliphatic carbocycles. The third kappa shape index (κ3) is 1.92. The van der Waals surface area contributed by atoms with E-state index in [1.165, 1.54) is 0 Å². The van der Waals surface area contributed by atoms with Gasteiger partial charge in [-0.1, -0.05) is 12.1 Å². The van der Waals surface area contributed by atoms with Crippen molar-refractivity contribution in [1.82, 2.24) is 0 Å². The van der Waals surface area contributed by atoms with Gasteiger partial charge in [0.15, 0.2) is 0 Å². The predicted octanol–water partition coefficient (Wildman–Crippen LogP) is 0.438. The van der Waals surface area contributed by atoms with Crippen LogP contribution >= 0.6 is 0 Å². The first-order valence-corrected chi connectivity index (χ1v) is 3.48. The normalized spacial score (nSPS) is 9.33. The summed E-state index contributed by atoms with van der Waals surface area (Å²) >= 11 is 0. The smallest absolute Gasteiger partial charge is 0.248 e. The molecule has 1 amide bonds. The van der Waals surface area contributed by atoms with Crippen molar-refractivity contribution in [3.8, 4) is 0 Å². The Morgan fingerprint density at radius 1 is 1.33 bits per heavy atom. The third-order valence-electron chi connectivity index (χ3n) is 1.51. The van der Waals surface area contributed by atoms with E-state index in [-0.39, 0.29) is 6.42 Å². The van der Waals surface area contributed by atoms with Gasteiger partial charge in [0.25, 0.3) is 0 Å².